The number of aromatic amines is 1. The number of anilines is 1. The maximum Gasteiger partial charge on any atom is 0.254 e. The number of halogens is 1. The molecule has 10 heteroatoms. The van der Waals surface area contributed by atoms with Gasteiger partial charge in [0.15, 0.2) is 0 Å². The summed E-state index contributed by atoms with van der Waals surface area (Å²) < 4.78 is 16.7. The summed E-state index contributed by atoms with van der Waals surface area (Å²) in [6.45, 7) is 4.05. The van der Waals surface area contributed by atoms with Crippen LogP contribution in [0.1, 0.15) is 37.0 Å². The van der Waals surface area contributed by atoms with Gasteiger partial charge in [-0.2, -0.15) is 10.4 Å². The number of carbonyl (C=O) groups is 1. The van der Waals surface area contributed by atoms with Gasteiger partial charge in [-0.3, -0.25) is 9.48 Å². The lowest BCUT2D eigenvalue weighted by Gasteiger charge is -2.39. The first kappa shape index (κ1) is 23.2. The van der Waals surface area contributed by atoms with Crippen LogP contribution in [0.3, 0.4) is 0 Å². The van der Waals surface area contributed by atoms with E-state index in [0.717, 1.165) is 22.3 Å². The number of nitrogens with one attached hydrogen (secondary N) is 2. The van der Waals surface area contributed by atoms with Crippen molar-refractivity contribution in [2.45, 2.75) is 38.3 Å². The molecule has 9 nitrogen and oxygen atoms in total. The molecular weight excluding hydrogens is 459 g/mol. The highest BCUT2D eigenvalue weighted by molar-refractivity contribution is 5.95. The second-order valence-electron chi connectivity index (χ2n) is 9.20. The van der Waals surface area contributed by atoms with Crippen LogP contribution in [-0.4, -0.2) is 43.2 Å². The summed E-state index contributed by atoms with van der Waals surface area (Å²) in [6.07, 6.45) is 11.5. The fourth-order valence-corrected chi connectivity index (χ4v) is 4.55. The Hall–Kier alpha value is -4.52. The van der Waals surface area contributed by atoms with Gasteiger partial charge in [0.1, 0.15) is 17.8 Å². The van der Waals surface area contributed by atoms with E-state index in [4.69, 9.17) is 0 Å². The second kappa shape index (κ2) is 9.26. The lowest BCUT2D eigenvalue weighted by atomic mass is 9.88. The number of amides is 1. The average Bonchev–Trinajstić information content (AvgIpc) is 3.54. The average molecular weight is 485 g/mol. The van der Waals surface area contributed by atoms with E-state index in [1.54, 1.807) is 12.3 Å². The molecule has 0 bridgehead atoms. The highest BCUT2D eigenvalue weighted by atomic mass is 19.1. The second-order valence-corrected chi connectivity index (χ2v) is 9.20. The molecule has 1 aliphatic rings. The number of hydrogen-bond donors (Lipinski definition) is 2. The van der Waals surface area contributed by atoms with E-state index in [2.05, 4.69) is 31.4 Å². The molecular formula is C26H25FN8O. The molecule has 1 amide bonds. The van der Waals surface area contributed by atoms with Gasteiger partial charge in [0.25, 0.3) is 5.91 Å². The third kappa shape index (κ3) is 4.20. The highest BCUT2D eigenvalue weighted by Gasteiger charge is 2.37. The summed E-state index contributed by atoms with van der Waals surface area (Å²) >= 11 is 0. The predicted octanol–water partition coefficient (Wildman–Crippen LogP) is 4.13. The third-order valence-corrected chi connectivity index (χ3v) is 6.30. The molecule has 1 aromatic carbocycles. The van der Waals surface area contributed by atoms with Gasteiger partial charge in [0.2, 0.25) is 0 Å². The van der Waals surface area contributed by atoms with Crippen LogP contribution in [-0.2, 0) is 5.54 Å². The van der Waals surface area contributed by atoms with Gasteiger partial charge in [-0.05, 0) is 44.5 Å². The molecule has 36 heavy (non-hydrogen) atoms. The van der Waals surface area contributed by atoms with Gasteiger partial charge in [0, 0.05) is 47.8 Å². The molecule has 1 aliphatic heterocycles. The molecule has 0 saturated carbocycles. The molecule has 0 radical (unpaired) electrons. The van der Waals surface area contributed by atoms with Crippen molar-refractivity contribution in [1.82, 2.24) is 30.0 Å². The van der Waals surface area contributed by atoms with Gasteiger partial charge in [-0.25, -0.2) is 14.4 Å². The number of rotatable bonds is 6. The van der Waals surface area contributed by atoms with Gasteiger partial charge >= 0.3 is 0 Å². The number of nitrogens with zero attached hydrogens (tertiary/aromatic N) is 6. The van der Waals surface area contributed by atoms with E-state index in [0.29, 0.717) is 18.7 Å². The highest BCUT2D eigenvalue weighted by Crippen LogP contribution is 2.35. The summed E-state index contributed by atoms with van der Waals surface area (Å²) in [5.74, 6) is -1.05. The van der Waals surface area contributed by atoms with Crippen LogP contribution in [0.25, 0.3) is 22.3 Å². The van der Waals surface area contributed by atoms with Crippen LogP contribution in [0.4, 0.5) is 10.1 Å². The Bertz CT molecular complexity index is 1500. The number of nitriles is 1. The molecule has 4 aromatic rings. The van der Waals surface area contributed by atoms with Crippen molar-refractivity contribution < 1.29 is 9.18 Å². The quantitative estimate of drug-likeness (QED) is 0.425. The van der Waals surface area contributed by atoms with Crippen LogP contribution < -0.4 is 10.2 Å². The molecule has 2 N–H and O–H groups in total. The molecule has 0 aliphatic carbocycles. The minimum absolute atomic E-state index is 0.00522. The molecule has 5 rings (SSSR count). The SMILES string of the molecule is CC(C)NC(=O)c1ccc(N2C=CCC(CC#N)(n3cc(-c4ncnc5[nH]ccc45)cn3)C2)cc1F. The van der Waals surface area contributed by atoms with Gasteiger partial charge in [-0.15, -0.1) is 0 Å². The molecule has 1 unspecified atom stereocenters. The van der Waals surface area contributed by atoms with Crippen molar-refractivity contribution in [2.75, 3.05) is 11.4 Å². The van der Waals surface area contributed by atoms with Crippen molar-refractivity contribution in [3.63, 3.8) is 0 Å². The van der Waals surface area contributed by atoms with E-state index in [1.807, 2.05) is 54.2 Å². The van der Waals surface area contributed by atoms with E-state index >= 15 is 0 Å². The summed E-state index contributed by atoms with van der Waals surface area (Å²) in [4.78, 5) is 25.9. The first-order chi connectivity index (χ1) is 17.4. The molecule has 1 atom stereocenters. The summed E-state index contributed by atoms with van der Waals surface area (Å²) in [7, 11) is 0. The lowest BCUT2D eigenvalue weighted by Crippen LogP contribution is -2.46. The number of fused-ring (bicyclic) bond motifs is 1. The molecule has 0 fully saturated rings. The summed E-state index contributed by atoms with van der Waals surface area (Å²) in [5, 5.41) is 17.9. The van der Waals surface area contributed by atoms with E-state index in [9.17, 15) is 14.4 Å². The van der Waals surface area contributed by atoms with Crippen molar-refractivity contribution >= 4 is 22.6 Å². The number of aromatic nitrogens is 5. The normalized spacial score (nSPS) is 17.5. The standard InChI is InChI=1S/C26H25FN8O/c1-17(2)33-25(36)20-5-4-19(12-22(20)27)34-11-3-7-26(15-34,8-9-28)35-14-18(13-32-35)23-21-6-10-29-24(21)31-16-30-23/h3-6,10-14,16-17H,7-8,15H2,1-2H3,(H,33,36)(H,29,30,31). The zero-order valence-corrected chi connectivity index (χ0v) is 19.9. The lowest BCUT2D eigenvalue weighted by molar-refractivity contribution is 0.0939. The van der Waals surface area contributed by atoms with Crippen LogP contribution in [0.5, 0.6) is 0 Å². The monoisotopic (exact) mass is 484 g/mol. The zero-order valence-electron chi connectivity index (χ0n) is 19.9. The van der Waals surface area contributed by atoms with E-state index < -0.39 is 17.3 Å². The van der Waals surface area contributed by atoms with E-state index in [1.165, 1.54) is 18.5 Å². The van der Waals surface area contributed by atoms with Crippen molar-refractivity contribution in [3.8, 4) is 17.3 Å². The van der Waals surface area contributed by atoms with Crippen molar-refractivity contribution in [1.29, 1.82) is 5.26 Å². The van der Waals surface area contributed by atoms with Crippen LogP contribution in [0.2, 0.25) is 0 Å². The minimum Gasteiger partial charge on any atom is -0.350 e. The van der Waals surface area contributed by atoms with Crippen molar-refractivity contribution in [2.24, 2.45) is 0 Å². The van der Waals surface area contributed by atoms with Crippen LogP contribution >= 0.6 is 0 Å². The Morgan fingerprint density at radius 1 is 1.33 bits per heavy atom. The topological polar surface area (TPSA) is 116 Å². The first-order valence-corrected chi connectivity index (χ1v) is 11.6. The molecule has 4 heterocycles. The Kier molecular flexibility index (Phi) is 5.98. The van der Waals surface area contributed by atoms with Gasteiger partial charge < -0.3 is 15.2 Å². The zero-order chi connectivity index (χ0) is 25.3. The molecule has 0 spiro atoms. The number of H-pyrrole nitrogens is 1. The van der Waals surface area contributed by atoms with Crippen LogP contribution in [0.15, 0.2) is 61.5 Å². The number of carbonyl (C=O) groups excluding carboxylic acids is 1. The molecule has 3 aromatic heterocycles. The fourth-order valence-electron chi connectivity index (χ4n) is 4.55. The largest absolute Gasteiger partial charge is 0.350 e. The first-order valence-electron chi connectivity index (χ1n) is 11.6. The van der Waals surface area contributed by atoms with Gasteiger partial charge in [0.05, 0.1) is 35.5 Å². The molecule has 182 valence electrons. The Labute approximate surface area is 207 Å². The number of hydrogen-bond acceptors (Lipinski definition) is 6. The predicted molar refractivity (Wildman–Crippen MR) is 133 cm³/mol. The minimum atomic E-state index is -0.670. The Morgan fingerprint density at radius 3 is 2.97 bits per heavy atom. The maximum atomic E-state index is 14.9. The van der Waals surface area contributed by atoms with Crippen LogP contribution in [0, 0.1) is 17.1 Å². The fraction of sp³-hybridized carbons (Fsp3) is 0.269. The Balaban J connectivity index is 1.45. The summed E-state index contributed by atoms with van der Waals surface area (Å²) in [6, 6.07) is 8.66. The van der Waals surface area contributed by atoms with Crippen molar-refractivity contribution in [3.05, 3.63) is 72.8 Å². The maximum absolute atomic E-state index is 14.9. The smallest absolute Gasteiger partial charge is 0.254 e. The summed E-state index contributed by atoms with van der Waals surface area (Å²) in [5.41, 5.74) is 2.21. The number of allylic oxidation sites excluding steroid dienone is 1. The Morgan fingerprint density at radius 2 is 2.19 bits per heavy atom. The van der Waals surface area contributed by atoms with Gasteiger partial charge in [-0.1, -0.05) is 6.08 Å². The number of benzene rings is 1. The molecule has 0 saturated heterocycles. The third-order valence-electron chi connectivity index (χ3n) is 6.30. The van der Waals surface area contributed by atoms with E-state index in [-0.39, 0.29) is 18.0 Å².